The molecule has 0 aromatic heterocycles. The molecule has 21 heavy (non-hydrogen) atoms. The van der Waals surface area contributed by atoms with E-state index in [4.69, 9.17) is 9.26 Å². The minimum Gasteiger partial charge on any atom is -0.461 e. The fourth-order valence-corrected chi connectivity index (χ4v) is 2.88. The SMILES string of the molecule is CC=CC=C(C)O[P+](=O)NC(C)C(=O)OC1CCCCC1. The van der Waals surface area contributed by atoms with Crippen LogP contribution < -0.4 is 5.09 Å². The molecule has 1 fully saturated rings. The minimum absolute atomic E-state index is 0.00521. The molecule has 0 bridgehead atoms. The molecule has 0 aromatic rings. The van der Waals surface area contributed by atoms with E-state index in [9.17, 15) is 9.36 Å². The number of allylic oxidation sites excluding steroid dienone is 4. The van der Waals surface area contributed by atoms with Crippen LogP contribution >= 0.6 is 8.18 Å². The van der Waals surface area contributed by atoms with Gasteiger partial charge in [-0.3, -0.25) is 4.79 Å². The van der Waals surface area contributed by atoms with Crippen molar-refractivity contribution in [2.75, 3.05) is 0 Å². The summed E-state index contributed by atoms with van der Waals surface area (Å²) in [5.41, 5.74) is 0. The fourth-order valence-electron chi connectivity index (χ4n) is 2.08. The van der Waals surface area contributed by atoms with Crippen molar-refractivity contribution >= 4 is 14.1 Å². The molecule has 0 spiro atoms. The molecule has 1 saturated carbocycles. The van der Waals surface area contributed by atoms with Crippen molar-refractivity contribution in [3.63, 3.8) is 0 Å². The third kappa shape index (κ3) is 7.39. The molecule has 0 aromatic carbocycles. The maximum atomic E-state index is 11.9. The van der Waals surface area contributed by atoms with Gasteiger partial charge < -0.3 is 4.74 Å². The quantitative estimate of drug-likeness (QED) is 0.333. The maximum absolute atomic E-state index is 11.9. The number of esters is 1. The second kappa shape index (κ2) is 9.69. The van der Waals surface area contributed by atoms with Gasteiger partial charge in [-0.1, -0.05) is 23.7 Å². The Morgan fingerprint density at radius 1 is 1.33 bits per heavy atom. The summed E-state index contributed by atoms with van der Waals surface area (Å²) in [5.74, 6) is 0.151. The van der Waals surface area contributed by atoms with Gasteiger partial charge in [-0.2, -0.15) is 0 Å². The van der Waals surface area contributed by atoms with Crippen molar-refractivity contribution in [1.82, 2.24) is 5.09 Å². The molecule has 1 aliphatic carbocycles. The van der Waals surface area contributed by atoms with Gasteiger partial charge in [-0.05, 0) is 52.5 Å². The monoisotopic (exact) mass is 314 g/mol. The van der Waals surface area contributed by atoms with Crippen molar-refractivity contribution in [3.05, 3.63) is 24.0 Å². The van der Waals surface area contributed by atoms with Crippen molar-refractivity contribution < 1.29 is 18.6 Å². The largest absolute Gasteiger partial charge is 0.664 e. The van der Waals surface area contributed by atoms with Crippen LogP contribution in [0.2, 0.25) is 0 Å². The summed E-state index contributed by atoms with van der Waals surface area (Å²) in [6.07, 6.45) is 10.6. The van der Waals surface area contributed by atoms with Gasteiger partial charge >= 0.3 is 14.1 Å². The zero-order valence-electron chi connectivity index (χ0n) is 13.0. The summed E-state index contributed by atoms with van der Waals surface area (Å²) in [6, 6.07) is -0.648. The Morgan fingerprint density at radius 2 is 2.00 bits per heavy atom. The van der Waals surface area contributed by atoms with Crippen LogP contribution in [-0.2, 0) is 18.6 Å². The molecule has 5 nitrogen and oxygen atoms in total. The summed E-state index contributed by atoms with van der Waals surface area (Å²) < 4.78 is 22.3. The Kier molecular flexibility index (Phi) is 8.24. The summed E-state index contributed by atoms with van der Waals surface area (Å²) in [7, 11) is -2.13. The molecule has 2 atom stereocenters. The Morgan fingerprint density at radius 3 is 2.62 bits per heavy atom. The van der Waals surface area contributed by atoms with Gasteiger partial charge in [0.05, 0.1) is 0 Å². The lowest BCUT2D eigenvalue weighted by atomic mass is 9.98. The van der Waals surface area contributed by atoms with Crippen molar-refractivity contribution in [3.8, 4) is 0 Å². The van der Waals surface area contributed by atoms with Gasteiger partial charge in [-0.25, -0.2) is 4.52 Å². The molecule has 1 N–H and O–H groups in total. The van der Waals surface area contributed by atoms with Crippen LogP contribution in [0.4, 0.5) is 0 Å². The number of carbonyl (C=O) groups is 1. The number of carbonyl (C=O) groups excluding carboxylic acids is 1. The number of ether oxygens (including phenoxy) is 1. The molecule has 118 valence electrons. The summed E-state index contributed by atoms with van der Waals surface area (Å²) in [5, 5.41) is 2.62. The lowest BCUT2D eigenvalue weighted by Crippen LogP contribution is -2.34. The molecular formula is C15H25NO4P+. The first-order valence-electron chi connectivity index (χ1n) is 7.44. The van der Waals surface area contributed by atoms with Crippen LogP contribution in [0.5, 0.6) is 0 Å². The van der Waals surface area contributed by atoms with E-state index < -0.39 is 14.2 Å². The van der Waals surface area contributed by atoms with Crippen LogP contribution in [-0.4, -0.2) is 18.1 Å². The van der Waals surface area contributed by atoms with Crippen molar-refractivity contribution in [1.29, 1.82) is 0 Å². The average molecular weight is 314 g/mol. The standard InChI is InChI=1S/C15H25NO4P/c1-4-5-9-12(2)20-21(18)16-13(3)15(17)19-14-10-7-6-8-11-14/h4-5,9,13-14H,6-8,10-11H2,1-3H3,(H,16,18)/q+1. The van der Waals surface area contributed by atoms with E-state index in [1.807, 2.05) is 13.0 Å². The highest BCUT2D eigenvalue weighted by atomic mass is 31.1. The second-order valence-electron chi connectivity index (χ2n) is 5.20. The average Bonchev–Trinajstić information content (AvgIpc) is 2.45. The lowest BCUT2D eigenvalue weighted by Gasteiger charge is -2.22. The summed E-state index contributed by atoms with van der Waals surface area (Å²) in [4.78, 5) is 11.9. The molecule has 0 saturated heterocycles. The summed E-state index contributed by atoms with van der Waals surface area (Å²) >= 11 is 0. The van der Waals surface area contributed by atoms with E-state index >= 15 is 0 Å². The molecule has 0 radical (unpaired) electrons. The molecular weight excluding hydrogens is 289 g/mol. The Hall–Kier alpha value is -1.19. The Bertz CT molecular complexity index is 414. The Labute approximate surface area is 127 Å². The van der Waals surface area contributed by atoms with Crippen LogP contribution in [0.3, 0.4) is 0 Å². The number of rotatable bonds is 7. The highest BCUT2D eigenvalue weighted by Gasteiger charge is 2.30. The van der Waals surface area contributed by atoms with Crippen LogP contribution in [0.15, 0.2) is 24.0 Å². The van der Waals surface area contributed by atoms with E-state index in [-0.39, 0.29) is 12.1 Å². The van der Waals surface area contributed by atoms with Gasteiger partial charge in [0.2, 0.25) is 0 Å². The second-order valence-corrected chi connectivity index (χ2v) is 6.15. The van der Waals surface area contributed by atoms with Gasteiger partial charge in [0.15, 0.2) is 5.76 Å². The van der Waals surface area contributed by atoms with E-state index in [2.05, 4.69) is 5.09 Å². The minimum atomic E-state index is -2.13. The third-order valence-corrected chi connectivity index (χ3v) is 4.29. The van der Waals surface area contributed by atoms with Crippen molar-refractivity contribution in [2.45, 2.75) is 65.0 Å². The zero-order valence-corrected chi connectivity index (χ0v) is 13.9. The molecule has 0 amide bonds. The van der Waals surface area contributed by atoms with Crippen LogP contribution in [0.25, 0.3) is 0 Å². The van der Waals surface area contributed by atoms with E-state index in [0.29, 0.717) is 5.76 Å². The number of hydrogen-bond acceptors (Lipinski definition) is 4. The van der Waals surface area contributed by atoms with Gasteiger partial charge in [-0.15, -0.1) is 0 Å². The first kappa shape index (κ1) is 17.9. The third-order valence-electron chi connectivity index (χ3n) is 3.24. The predicted octanol–water partition coefficient (Wildman–Crippen LogP) is 3.99. The molecule has 1 aliphatic rings. The molecule has 2 unspecified atom stereocenters. The highest BCUT2D eigenvalue weighted by Crippen LogP contribution is 2.24. The van der Waals surface area contributed by atoms with E-state index in [1.54, 1.807) is 26.0 Å². The molecule has 0 heterocycles. The highest BCUT2D eigenvalue weighted by molar-refractivity contribution is 7.36. The molecule has 6 heteroatoms. The molecule has 0 aliphatic heterocycles. The Balaban J connectivity index is 2.35. The number of hydrogen-bond donors (Lipinski definition) is 1. The smallest absolute Gasteiger partial charge is 0.461 e. The summed E-state index contributed by atoms with van der Waals surface area (Å²) in [6.45, 7) is 5.22. The van der Waals surface area contributed by atoms with Crippen LogP contribution in [0, 0.1) is 0 Å². The fraction of sp³-hybridized carbons (Fsp3) is 0.667. The lowest BCUT2D eigenvalue weighted by molar-refractivity contribution is -0.152. The topological polar surface area (TPSA) is 64.6 Å². The normalized spacial score (nSPS) is 19.4. The van der Waals surface area contributed by atoms with E-state index in [0.717, 1.165) is 25.7 Å². The van der Waals surface area contributed by atoms with Crippen LogP contribution in [0.1, 0.15) is 52.9 Å². The van der Waals surface area contributed by atoms with Crippen molar-refractivity contribution in [2.24, 2.45) is 0 Å². The first-order valence-corrected chi connectivity index (χ1v) is 8.62. The zero-order chi connectivity index (χ0) is 15.7. The first-order chi connectivity index (χ1) is 10.0. The van der Waals surface area contributed by atoms with E-state index in [1.165, 1.54) is 6.42 Å². The maximum Gasteiger partial charge on any atom is 0.664 e. The predicted molar refractivity (Wildman–Crippen MR) is 82.8 cm³/mol. The number of nitrogens with one attached hydrogen (secondary N) is 1. The van der Waals surface area contributed by atoms with Gasteiger partial charge in [0.25, 0.3) is 0 Å². The van der Waals surface area contributed by atoms with Gasteiger partial charge in [0.1, 0.15) is 12.1 Å². The van der Waals surface area contributed by atoms with Gasteiger partial charge in [0, 0.05) is 4.57 Å². The molecule has 1 rings (SSSR count).